The molecular formula is C15H25BrN2O2. The van der Waals surface area contributed by atoms with Crippen molar-refractivity contribution >= 4 is 15.9 Å². The largest absolute Gasteiger partial charge is 0.475 e. The molecule has 0 aliphatic rings. The third kappa shape index (κ3) is 7.22. The molecule has 0 fully saturated rings. The molecule has 0 unspecified atom stereocenters. The van der Waals surface area contributed by atoms with Crippen molar-refractivity contribution in [1.82, 2.24) is 10.3 Å². The van der Waals surface area contributed by atoms with Crippen LogP contribution in [-0.4, -0.2) is 30.8 Å². The quantitative estimate of drug-likeness (QED) is 0.659. The molecule has 0 aliphatic carbocycles. The number of unbranched alkanes of at least 4 members (excludes halogenated alkanes) is 1. The molecule has 0 saturated heterocycles. The minimum absolute atomic E-state index is 0.430. The van der Waals surface area contributed by atoms with Gasteiger partial charge in [-0.3, -0.25) is 0 Å². The lowest BCUT2D eigenvalue weighted by Crippen LogP contribution is -2.22. The summed E-state index contributed by atoms with van der Waals surface area (Å²) in [6.07, 6.45) is 4.01. The van der Waals surface area contributed by atoms with E-state index in [1.807, 2.05) is 6.07 Å². The van der Waals surface area contributed by atoms with Crippen LogP contribution in [0.4, 0.5) is 0 Å². The van der Waals surface area contributed by atoms with Crippen molar-refractivity contribution < 1.29 is 9.47 Å². The van der Waals surface area contributed by atoms with Crippen LogP contribution in [0.2, 0.25) is 0 Å². The zero-order chi connectivity index (χ0) is 14.8. The highest BCUT2D eigenvalue weighted by atomic mass is 79.9. The van der Waals surface area contributed by atoms with Gasteiger partial charge >= 0.3 is 0 Å². The Hall–Kier alpha value is -0.650. The second kappa shape index (κ2) is 10.1. The zero-order valence-electron chi connectivity index (χ0n) is 12.6. The summed E-state index contributed by atoms with van der Waals surface area (Å²) in [4.78, 5) is 4.33. The molecule has 4 nitrogen and oxygen atoms in total. The van der Waals surface area contributed by atoms with E-state index in [2.05, 4.69) is 47.0 Å². The van der Waals surface area contributed by atoms with Gasteiger partial charge in [0.05, 0.1) is 6.61 Å². The zero-order valence-corrected chi connectivity index (χ0v) is 14.2. The van der Waals surface area contributed by atoms with Crippen LogP contribution in [0.5, 0.6) is 5.88 Å². The van der Waals surface area contributed by atoms with Gasteiger partial charge < -0.3 is 14.8 Å². The van der Waals surface area contributed by atoms with E-state index in [-0.39, 0.29) is 0 Å². The Morgan fingerprint density at radius 1 is 1.30 bits per heavy atom. The Labute approximate surface area is 130 Å². The van der Waals surface area contributed by atoms with Crippen molar-refractivity contribution in [2.45, 2.75) is 46.2 Å². The minimum atomic E-state index is 0.430. The van der Waals surface area contributed by atoms with Crippen LogP contribution in [-0.2, 0) is 11.3 Å². The maximum atomic E-state index is 5.71. The fourth-order valence-corrected chi connectivity index (χ4v) is 1.96. The van der Waals surface area contributed by atoms with E-state index in [1.165, 1.54) is 0 Å². The van der Waals surface area contributed by atoms with Crippen LogP contribution in [0.3, 0.4) is 0 Å². The predicted octanol–water partition coefficient (Wildman–Crippen LogP) is 3.54. The second-order valence-electron chi connectivity index (χ2n) is 4.97. The monoisotopic (exact) mass is 344 g/mol. The Morgan fingerprint density at radius 3 is 2.80 bits per heavy atom. The first-order valence-corrected chi connectivity index (χ1v) is 8.01. The van der Waals surface area contributed by atoms with E-state index in [0.29, 0.717) is 25.1 Å². The van der Waals surface area contributed by atoms with Gasteiger partial charge in [-0.25, -0.2) is 4.98 Å². The number of nitrogens with zero attached hydrogens (tertiary/aromatic N) is 1. The van der Waals surface area contributed by atoms with Crippen LogP contribution in [0.1, 0.15) is 39.2 Å². The third-order valence-electron chi connectivity index (χ3n) is 2.70. The first-order valence-electron chi connectivity index (χ1n) is 7.21. The maximum absolute atomic E-state index is 5.71. The number of hydrogen-bond donors (Lipinski definition) is 1. The molecule has 0 bridgehead atoms. The molecule has 1 rings (SSSR count). The minimum Gasteiger partial charge on any atom is -0.475 e. The van der Waals surface area contributed by atoms with E-state index >= 15 is 0 Å². The van der Waals surface area contributed by atoms with Crippen molar-refractivity contribution in [2.75, 3.05) is 19.8 Å². The number of ether oxygens (including phenoxy) is 2. The molecule has 1 aromatic rings. The summed E-state index contributed by atoms with van der Waals surface area (Å²) < 4.78 is 12.2. The van der Waals surface area contributed by atoms with Gasteiger partial charge in [0.25, 0.3) is 0 Å². The highest BCUT2D eigenvalue weighted by Gasteiger charge is 2.07. The van der Waals surface area contributed by atoms with Gasteiger partial charge in [-0.15, -0.1) is 0 Å². The SMILES string of the molecule is CCCCOCCOc1ncc(Br)cc1CNC(C)C. The maximum Gasteiger partial charge on any atom is 0.217 e. The molecule has 1 heterocycles. The van der Waals surface area contributed by atoms with E-state index in [0.717, 1.165) is 36.0 Å². The average Bonchev–Trinajstić information content (AvgIpc) is 2.42. The summed E-state index contributed by atoms with van der Waals surface area (Å²) in [6.45, 7) is 9.08. The molecule has 0 atom stereocenters. The lowest BCUT2D eigenvalue weighted by molar-refractivity contribution is 0.0961. The Morgan fingerprint density at radius 2 is 2.10 bits per heavy atom. The van der Waals surface area contributed by atoms with Crippen LogP contribution in [0.15, 0.2) is 16.7 Å². The van der Waals surface area contributed by atoms with E-state index < -0.39 is 0 Å². The van der Waals surface area contributed by atoms with Crippen LogP contribution in [0, 0.1) is 0 Å². The predicted molar refractivity (Wildman–Crippen MR) is 85.1 cm³/mol. The van der Waals surface area contributed by atoms with Crippen LogP contribution in [0.25, 0.3) is 0 Å². The van der Waals surface area contributed by atoms with Crippen molar-refractivity contribution in [1.29, 1.82) is 0 Å². The van der Waals surface area contributed by atoms with E-state index in [9.17, 15) is 0 Å². The molecule has 1 aromatic heterocycles. The summed E-state index contributed by atoms with van der Waals surface area (Å²) in [5, 5.41) is 3.38. The van der Waals surface area contributed by atoms with Gasteiger partial charge in [0.1, 0.15) is 6.61 Å². The van der Waals surface area contributed by atoms with Crippen molar-refractivity contribution in [2.24, 2.45) is 0 Å². The number of pyridine rings is 1. The fourth-order valence-electron chi connectivity index (χ4n) is 1.59. The Bertz CT molecular complexity index is 386. The van der Waals surface area contributed by atoms with E-state index in [4.69, 9.17) is 9.47 Å². The number of nitrogens with one attached hydrogen (secondary N) is 1. The third-order valence-corrected chi connectivity index (χ3v) is 3.14. The first-order chi connectivity index (χ1) is 9.63. The van der Waals surface area contributed by atoms with Crippen molar-refractivity contribution in [3.63, 3.8) is 0 Å². The smallest absolute Gasteiger partial charge is 0.217 e. The van der Waals surface area contributed by atoms with Crippen LogP contribution < -0.4 is 10.1 Å². The molecule has 0 spiro atoms. The molecule has 20 heavy (non-hydrogen) atoms. The Kier molecular flexibility index (Phi) is 8.82. The molecule has 5 heteroatoms. The second-order valence-corrected chi connectivity index (χ2v) is 5.88. The Balaban J connectivity index is 2.43. The van der Waals surface area contributed by atoms with Gasteiger partial charge in [-0.05, 0) is 28.4 Å². The highest BCUT2D eigenvalue weighted by molar-refractivity contribution is 9.10. The number of rotatable bonds is 10. The van der Waals surface area contributed by atoms with E-state index in [1.54, 1.807) is 6.20 Å². The van der Waals surface area contributed by atoms with Crippen molar-refractivity contribution in [3.05, 3.63) is 22.3 Å². The molecular weight excluding hydrogens is 320 g/mol. The standard InChI is InChI=1S/C15H25BrN2O2/c1-4-5-6-19-7-8-20-15-13(10-17-12(2)3)9-14(16)11-18-15/h9,11-12,17H,4-8,10H2,1-3H3. The van der Waals surface area contributed by atoms with Crippen molar-refractivity contribution in [3.8, 4) is 5.88 Å². The van der Waals surface area contributed by atoms with Gasteiger partial charge in [0.2, 0.25) is 5.88 Å². The number of hydrogen-bond acceptors (Lipinski definition) is 4. The topological polar surface area (TPSA) is 43.4 Å². The van der Waals surface area contributed by atoms with Gasteiger partial charge in [-0.1, -0.05) is 27.2 Å². The summed E-state index contributed by atoms with van der Waals surface area (Å²) in [6, 6.07) is 2.47. The van der Waals surface area contributed by atoms with Gasteiger partial charge in [0.15, 0.2) is 0 Å². The van der Waals surface area contributed by atoms with Gasteiger partial charge in [-0.2, -0.15) is 0 Å². The summed E-state index contributed by atoms with van der Waals surface area (Å²) in [5.74, 6) is 0.681. The summed E-state index contributed by atoms with van der Waals surface area (Å²) >= 11 is 3.44. The lowest BCUT2D eigenvalue weighted by Gasteiger charge is -2.13. The molecule has 1 N–H and O–H groups in total. The summed E-state index contributed by atoms with van der Waals surface area (Å²) in [7, 11) is 0. The normalized spacial score (nSPS) is 11.1. The number of halogens is 1. The first kappa shape index (κ1) is 17.4. The summed E-state index contributed by atoms with van der Waals surface area (Å²) in [5.41, 5.74) is 1.06. The molecule has 0 aliphatic heterocycles. The van der Waals surface area contributed by atoms with Gasteiger partial charge in [0, 0.05) is 35.4 Å². The number of aromatic nitrogens is 1. The molecule has 0 saturated carbocycles. The molecule has 114 valence electrons. The van der Waals surface area contributed by atoms with Crippen LogP contribution >= 0.6 is 15.9 Å². The molecule has 0 amide bonds. The molecule has 0 aromatic carbocycles. The molecule has 0 radical (unpaired) electrons. The average molecular weight is 345 g/mol. The fraction of sp³-hybridized carbons (Fsp3) is 0.667. The lowest BCUT2D eigenvalue weighted by atomic mass is 10.2. The highest BCUT2D eigenvalue weighted by Crippen LogP contribution is 2.20.